The van der Waals surface area contributed by atoms with Crippen LogP contribution in [0.1, 0.15) is 36.5 Å². The zero-order chi connectivity index (χ0) is 15.1. The molecule has 0 saturated carbocycles. The van der Waals surface area contributed by atoms with Crippen molar-refractivity contribution in [3.63, 3.8) is 0 Å². The van der Waals surface area contributed by atoms with Gasteiger partial charge in [-0.15, -0.1) is 0 Å². The van der Waals surface area contributed by atoms with Crippen LogP contribution in [0.25, 0.3) is 0 Å². The van der Waals surface area contributed by atoms with Crippen LogP contribution in [0.15, 0.2) is 34.9 Å². The van der Waals surface area contributed by atoms with Crippen molar-refractivity contribution in [3.8, 4) is 0 Å². The second kappa shape index (κ2) is 4.92. The van der Waals surface area contributed by atoms with Crippen LogP contribution in [0.2, 0.25) is 0 Å². The molecule has 0 bridgehead atoms. The molecule has 1 aliphatic rings. The van der Waals surface area contributed by atoms with Gasteiger partial charge in [0.05, 0.1) is 11.5 Å². The van der Waals surface area contributed by atoms with Gasteiger partial charge in [0, 0.05) is 5.92 Å². The standard InChI is InChI=1S/C14H17N3O3S/c1-14(15,11-5-3-2-4-6-11)13-16-12(17-20-13)10-7-8-21(18,19)9-10/h2-6,10H,7-9,15H2,1H3. The molecule has 3 rings (SSSR count). The predicted molar refractivity (Wildman–Crippen MR) is 77.4 cm³/mol. The summed E-state index contributed by atoms with van der Waals surface area (Å²) in [5.41, 5.74) is 6.27. The predicted octanol–water partition coefficient (Wildman–Crippen LogP) is 1.19. The smallest absolute Gasteiger partial charge is 0.251 e. The van der Waals surface area contributed by atoms with E-state index in [0.29, 0.717) is 18.1 Å². The molecule has 0 spiro atoms. The summed E-state index contributed by atoms with van der Waals surface area (Å²) in [7, 11) is -2.97. The van der Waals surface area contributed by atoms with Crippen LogP contribution in [-0.2, 0) is 15.4 Å². The molecule has 1 saturated heterocycles. The van der Waals surface area contributed by atoms with E-state index in [-0.39, 0.29) is 17.4 Å². The van der Waals surface area contributed by atoms with E-state index >= 15 is 0 Å². The van der Waals surface area contributed by atoms with Crippen molar-refractivity contribution < 1.29 is 12.9 Å². The first kappa shape index (κ1) is 14.2. The minimum atomic E-state index is -2.97. The summed E-state index contributed by atoms with van der Waals surface area (Å²) >= 11 is 0. The summed E-state index contributed by atoms with van der Waals surface area (Å²) in [6.07, 6.45) is 0.536. The van der Waals surface area contributed by atoms with Crippen molar-refractivity contribution in [2.45, 2.75) is 24.8 Å². The number of sulfone groups is 1. The molecule has 0 amide bonds. The maximum absolute atomic E-state index is 11.5. The molecule has 1 aliphatic heterocycles. The van der Waals surface area contributed by atoms with Crippen LogP contribution >= 0.6 is 0 Å². The van der Waals surface area contributed by atoms with Crippen molar-refractivity contribution in [3.05, 3.63) is 47.6 Å². The number of hydrogen-bond acceptors (Lipinski definition) is 6. The van der Waals surface area contributed by atoms with Gasteiger partial charge in [0.1, 0.15) is 5.54 Å². The van der Waals surface area contributed by atoms with Crippen LogP contribution < -0.4 is 5.73 Å². The molecule has 1 aromatic carbocycles. The summed E-state index contributed by atoms with van der Waals surface area (Å²) in [6, 6.07) is 9.47. The summed E-state index contributed by atoms with van der Waals surface area (Å²) in [4.78, 5) is 4.34. The highest BCUT2D eigenvalue weighted by molar-refractivity contribution is 7.91. The number of hydrogen-bond donors (Lipinski definition) is 1. The fraction of sp³-hybridized carbons (Fsp3) is 0.429. The van der Waals surface area contributed by atoms with E-state index in [9.17, 15) is 8.42 Å². The Labute approximate surface area is 123 Å². The number of nitrogens with zero attached hydrogens (tertiary/aromatic N) is 2. The third kappa shape index (κ3) is 2.71. The van der Waals surface area contributed by atoms with Crippen molar-refractivity contribution in [2.75, 3.05) is 11.5 Å². The second-order valence-electron chi connectivity index (χ2n) is 5.63. The maximum Gasteiger partial charge on any atom is 0.251 e. The van der Waals surface area contributed by atoms with Gasteiger partial charge in [-0.25, -0.2) is 8.42 Å². The lowest BCUT2D eigenvalue weighted by molar-refractivity contribution is 0.321. The molecule has 1 aromatic heterocycles. The Bertz CT molecular complexity index is 738. The Morgan fingerprint density at radius 1 is 1.33 bits per heavy atom. The van der Waals surface area contributed by atoms with E-state index in [2.05, 4.69) is 10.1 Å². The molecule has 21 heavy (non-hydrogen) atoms. The Hall–Kier alpha value is -1.73. The molecule has 7 heteroatoms. The van der Waals surface area contributed by atoms with Gasteiger partial charge in [0.25, 0.3) is 5.89 Å². The lowest BCUT2D eigenvalue weighted by Crippen LogP contribution is -2.34. The molecule has 2 N–H and O–H groups in total. The Balaban J connectivity index is 1.88. The number of benzene rings is 1. The lowest BCUT2D eigenvalue weighted by Gasteiger charge is -2.20. The average molecular weight is 307 g/mol. The van der Waals surface area contributed by atoms with Crippen LogP contribution in [-0.4, -0.2) is 30.1 Å². The largest absolute Gasteiger partial charge is 0.337 e. The average Bonchev–Trinajstić information content (AvgIpc) is 3.06. The number of nitrogens with two attached hydrogens (primary N) is 1. The van der Waals surface area contributed by atoms with Gasteiger partial charge in [-0.1, -0.05) is 35.5 Å². The number of aromatic nitrogens is 2. The summed E-state index contributed by atoms with van der Waals surface area (Å²) in [6.45, 7) is 1.80. The van der Waals surface area contributed by atoms with E-state index in [0.717, 1.165) is 5.56 Å². The highest BCUT2D eigenvalue weighted by Gasteiger charge is 2.35. The van der Waals surface area contributed by atoms with E-state index in [1.807, 2.05) is 30.3 Å². The summed E-state index contributed by atoms with van der Waals surface area (Å²) in [5, 5.41) is 3.92. The molecule has 112 valence electrons. The van der Waals surface area contributed by atoms with Crippen LogP contribution in [0.5, 0.6) is 0 Å². The van der Waals surface area contributed by atoms with Crippen molar-refractivity contribution in [2.24, 2.45) is 5.73 Å². The fourth-order valence-corrected chi connectivity index (χ4v) is 4.26. The molecular weight excluding hydrogens is 290 g/mol. The highest BCUT2D eigenvalue weighted by atomic mass is 32.2. The molecule has 2 aromatic rings. The highest BCUT2D eigenvalue weighted by Crippen LogP contribution is 2.30. The first-order valence-electron chi connectivity index (χ1n) is 6.77. The van der Waals surface area contributed by atoms with Gasteiger partial charge in [-0.05, 0) is 18.9 Å². The molecule has 0 aliphatic carbocycles. The molecule has 2 atom stereocenters. The van der Waals surface area contributed by atoms with Gasteiger partial charge in [-0.2, -0.15) is 4.98 Å². The maximum atomic E-state index is 11.5. The van der Waals surface area contributed by atoms with Gasteiger partial charge in [0.15, 0.2) is 15.7 Å². The zero-order valence-electron chi connectivity index (χ0n) is 11.7. The molecule has 2 heterocycles. The van der Waals surface area contributed by atoms with Gasteiger partial charge in [0.2, 0.25) is 0 Å². The third-order valence-electron chi connectivity index (χ3n) is 3.86. The third-order valence-corrected chi connectivity index (χ3v) is 5.63. The number of rotatable bonds is 3. The van der Waals surface area contributed by atoms with Gasteiger partial charge >= 0.3 is 0 Å². The molecular formula is C14H17N3O3S. The van der Waals surface area contributed by atoms with Gasteiger partial charge < -0.3 is 10.3 Å². The summed E-state index contributed by atoms with van der Waals surface area (Å²) < 4.78 is 28.3. The second-order valence-corrected chi connectivity index (χ2v) is 7.85. The van der Waals surface area contributed by atoms with E-state index in [4.69, 9.17) is 10.3 Å². The topological polar surface area (TPSA) is 99.1 Å². The van der Waals surface area contributed by atoms with E-state index in [1.54, 1.807) is 6.92 Å². The summed E-state index contributed by atoms with van der Waals surface area (Å²) in [5.74, 6) is 0.796. The molecule has 6 nitrogen and oxygen atoms in total. The zero-order valence-corrected chi connectivity index (χ0v) is 12.5. The SMILES string of the molecule is CC(N)(c1ccccc1)c1nc(C2CCS(=O)(=O)C2)no1. The molecule has 0 radical (unpaired) electrons. The van der Waals surface area contributed by atoms with Crippen LogP contribution in [0.4, 0.5) is 0 Å². The van der Waals surface area contributed by atoms with Crippen LogP contribution in [0, 0.1) is 0 Å². The molecule has 1 fully saturated rings. The van der Waals surface area contributed by atoms with E-state index < -0.39 is 15.4 Å². The van der Waals surface area contributed by atoms with Crippen molar-refractivity contribution >= 4 is 9.84 Å². The van der Waals surface area contributed by atoms with E-state index in [1.165, 1.54) is 0 Å². The van der Waals surface area contributed by atoms with Crippen LogP contribution in [0.3, 0.4) is 0 Å². The minimum absolute atomic E-state index is 0.0819. The normalized spacial score (nSPS) is 23.8. The Morgan fingerprint density at radius 3 is 2.67 bits per heavy atom. The Kier molecular flexibility index (Phi) is 3.33. The Morgan fingerprint density at radius 2 is 2.05 bits per heavy atom. The minimum Gasteiger partial charge on any atom is -0.337 e. The molecule has 2 unspecified atom stereocenters. The lowest BCUT2D eigenvalue weighted by atomic mass is 9.93. The fourth-order valence-electron chi connectivity index (χ4n) is 2.52. The van der Waals surface area contributed by atoms with Crippen molar-refractivity contribution in [1.29, 1.82) is 0 Å². The first-order chi connectivity index (χ1) is 9.88. The van der Waals surface area contributed by atoms with Crippen molar-refractivity contribution in [1.82, 2.24) is 10.1 Å². The van der Waals surface area contributed by atoms with Gasteiger partial charge in [-0.3, -0.25) is 0 Å². The quantitative estimate of drug-likeness (QED) is 0.914. The first-order valence-corrected chi connectivity index (χ1v) is 8.59. The monoisotopic (exact) mass is 307 g/mol.